The lowest BCUT2D eigenvalue weighted by molar-refractivity contribution is 0.557. The van der Waals surface area contributed by atoms with Crippen molar-refractivity contribution >= 4 is 255 Å². The Morgan fingerprint density at radius 3 is 1.08 bits per heavy atom. The predicted molar refractivity (Wildman–Crippen MR) is 214 cm³/mol. The lowest BCUT2D eigenvalue weighted by Crippen LogP contribution is -2.48. The van der Waals surface area contributed by atoms with Crippen molar-refractivity contribution in [2.75, 3.05) is 0 Å². The summed E-state index contributed by atoms with van der Waals surface area (Å²) in [6.07, 6.45) is 0. The fourth-order valence-electron chi connectivity index (χ4n) is 3.37. The van der Waals surface area contributed by atoms with Crippen LogP contribution in [0, 0.1) is 0 Å². The van der Waals surface area contributed by atoms with Crippen molar-refractivity contribution in [3.63, 3.8) is 0 Å². The van der Waals surface area contributed by atoms with Gasteiger partial charge in [0.05, 0.1) is 0 Å². The quantitative estimate of drug-likeness (QED) is 0.136. The van der Waals surface area contributed by atoms with E-state index in [0.717, 1.165) is 65.9 Å². The van der Waals surface area contributed by atoms with E-state index >= 15 is 0 Å². The van der Waals surface area contributed by atoms with Crippen LogP contribution in [0.25, 0.3) is 0 Å². The Balaban J connectivity index is 2.64. The number of alkyl halides is 5. The first-order valence-electron chi connectivity index (χ1n) is 9.10. The molecule has 3 aromatic carbocycles. The SMILES string of the molecule is Brc1ccccc1C(Br)(Br)C(Br)(c1c(Br)c(Br)c(Br)c(Br)c1Br)C(Br)(Br)c1c(Br)c(Br)c(Br)c(Br)c1Br. The second-order valence-electron chi connectivity index (χ2n) is 7.18. The van der Waals surface area contributed by atoms with Gasteiger partial charge in [-0.15, -0.1) is 0 Å². The molecular weight excluding hydrogens is 1530 g/mol. The monoisotopic (exact) mass is 1520 g/mol. The van der Waals surface area contributed by atoms with Crippen molar-refractivity contribution in [2.24, 2.45) is 0 Å². The van der Waals surface area contributed by atoms with Crippen molar-refractivity contribution in [1.29, 1.82) is 0 Å². The summed E-state index contributed by atoms with van der Waals surface area (Å²) in [4.78, 5) is 0. The second kappa shape index (κ2) is 14.0. The summed E-state index contributed by atoms with van der Waals surface area (Å²) in [6, 6.07) is 8.01. The Morgan fingerprint density at radius 1 is 0.378 bits per heavy atom. The van der Waals surface area contributed by atoms with Crippen LogP contribution in [-0.2, 0) is 10.8 Å². The molecule has 0 bridgehead atoms. The maximum Gasteiger partial charge on any atom is 0.129 e. The molecule has 37 heavy (non-hydrogen) atoms. The molecule has 3 aromatic rings. The van der Waals surface area contributed by atoms with Crippen LogP contribution >= 0.6 is 255 Å². The summed E-state index contributed by atoms with van der Waals surface area (Å²) >= 11 is 62.2. The van der Waals surface area contributed by atoms with Crippen LogP contribution < -0.4 is 0 Å². The van der Waals surface area contributed by atoms with Gasteiger partial charge >= 0.3 is 0 Å². The van der Waals surface area contributed by atoms with Gasteiger partial charge in [0.2, 0.25) is 0 Å². The van der Waals surface area contributed by atoms with Gasteiger partial charge in [0.1, 0.15) is 10.8 Å². The second-order valence-corrected chi connectivity index (χ2v) is 24.0. The lowest BCUT2D eigenvalue weighted by atomic mass is 9.85. The molecule has 1 atom stereocenters. The maximum atomic E-state index is 4.27. The van der Waals surface area contributed by atoms with Gasteiger partial charge < -0.3 is 0 Å². The van der Waals surface area contributed by atoms with E-state index in [1.165, 1.54) is 0 Å². The number of hydrogen-bond donors (Lipinski definition) is 0. The molecular formula is C21H4Br16. The Kier molecular flexibility index (Phi) is 13.9. The van der Waals surface area contributed by atoms with E-state index < -0.39 is 10.8 Å². The van der Waals surface area contributed by atoms with Crippen molar-refractivity contribution in [3.05, 3.63) is 90.2 Å². The smallest absolute Gasteiger partial charge is 0.0743 e. The third kappa shape index (κ3) is 6.35. The Morgan fingerprint density at radius 2 is 0.703 bits per heavy atom. The third-order valence-electron chi connectivity index (χ3n) is 5.16. The summed E-state index contributed by atoms with van der Waals surface area (Å²) in [5.41, 5.74) is 2.66. The van der Waals surface area contributed by atoms with Gasteiger partial charge in [-0.2, -0.15) is 0 Å². The van der Waals surface area contributed by atoms with Gasteiger partial charge in [-0.1, -0.05) is 114 Å². The molecule has 0 N–H and O–H groups in total. The molecule has 0 saturated heterocycles. The van der Waals surface area contributed by atoms with Gasteiger partial charge in [-0.3, -0.25) is 0 Å². The van der Waals surface area contributed by atoms with Crippen molar-refractivity contribution < 1.29 is 0 Å². The van der Waals surface area contributed by atoms with Crippen LogP contribution in [0.1, 0.15) is 16.7 Å². The molecule has 0 aromatic heterocycles. The minimum Gasteiger partial charge on any atom is -0.0743 e. The molecule has 0 fully saturated rings. The van der Waals surface area contributed by atoms with E-state index in [0.29, 0.717) is 0 Å². The Hall–Kier alpha value is 5.34. The summed E-state index contributed by atoms with van der Waals surface area (Å²) < 4.78 is 6.20. The van der Waals surface area contributed by atoms with Crippen LogP contribution in [0.5, 0.6) is 0 Å². The summed E-state index contributed by atoms with van der Waals surface area (Å²) in [6.45, 7) is 0. The minimum absolute atomic E-state index is 0.812. The number of halogens is 16. The van der Waals surface area contributed by atoms with Crippen molar-refractivity contribution in [1.82, 2.24) is 0 Å². The van der Waals surface area contributed by atoms with Crippen LogP contribution in [-0.4, -0.2) is 0 Å². The van der Waals surface area contributed by atoms with E-state index in [2.05, 4.69) is 255 Å². The first-order valence-corrected chi connectivity index (χ1v) is 21.8. The standard InChI is InChI=1S/C21H4Br16/c22-6-4-2-1-3-5(6)20(34,35)19(33,7-9(23)13(27)17(31)14(28)10(7)24)21(36,37)8-11(25)15(29)18(32)16(30)12(8)26/h1-4H. The molecule has 0 aliphatic heterocycles. The fraction of sp³-hybridized carbons (Fsp3) is 0.143. The third-order valence-corrected chi connectivity index (χ3v) is 25.8. The predicted octanol–water partition coefficient (Wildman–Crippen LogP) is 16.9. The lowest BCUT2D eigenvalue weighted by Gasteiger charge is -2.50. The van der Waals surface area contributed by atoms with E-state index in [9.17, 15) is 0 Å². The molecule has 0 spiro atoms. The van der Waals surface area contributed by atoms with Crippen LogP contribution in [0.2, 0.25) is 0 Å². The van der Waals surface area contributed by atoms with Gasteiger partial charge in [0.25, 0.3) is 0 Å². The van der Waals surface area contributed by atoms with E-state index in [1.54, 1.807) is 0 Å². The van der Waals surface area contributed by atoms with Gasteiger partial charge in [-0.05, 0) is 171 Å². The zero-order chi connectivity index (χ0) is 28.4. The Labute approximate surface area is 349 Å². The zero-order valence-corrected chi connectivity index (χ0v) is 42.2. The number of benzene rings is 3. The van der Waals surface area contributed by atoms with Crippen molar-refractivity contribution in [3.8, 4) is 0 Å². The van der Waals surface area contributed by atoms with E-state index in [-0.39, 0.29) is 0 Å². The summed E-state index contributed by atoms with van der Waals surface area (Å²) in [7, 11) is 0. The summed E-state index contributed by atoms with van der Waals surface area (Å²) in [5, 5.41) is 0. The van der Waals surface area contributed by atoms with Gasteiger partial charge in [0.15, 0.2) is 0 Å². The molecule has 0 heterocycles. The van der Waals surface area contributed by atoms with Crippen LogP contribution in [0.15, 0.2) is 73.5 Å². The molecule has 0 aliphatic rings. The normalized spacial score (nSPS) is 14.2. The highest BCUT2D eigenvalue weighted by molar-refractivity contribution is 9.27. The van der Waals surface area contributed by atoms with Gasteiger partial charge in [-0.25, -0.2) is 0 Å². The molecule has 0 nitrogen and oxygen atoms in total. The molecule has 0 amide bonds. The molecule has 16 heteroatoms. The highest BCUT2D eigenvalue weighted by Crippen LogP contribution is 2.74. The maximum absolute atomic E-state index is 4.27. The van der Waals surface area contributed by atoms with E-state index in [1.807, 2.05) is 24.3 Å². The molecule has 0 aliphatic carbocycles. The first kappa shape index (κ1) is 36.8. The Bertz CT molecular complexity index is 1350. The molecule has 0 saturated carbocycles. The summed E-state index contributed by atoms with van der Waals surface area (Å²) in [5.74, 6) is 0. The highest BCUT2D eigenvalue weighted by atomic mass is 79.9. The average Bonchev–Trinajstić information content (AvgIpc) is 2.83. The van der Waals surface area contributed by atoms with Gasteiger partial charge in [0, 0.05) is 60.3 Å². The first-order chi connectivity index (χ1) is 16.9. The highest BCUT2D eigenvalue weighted by Gasteiger charge is 2.64. The molecule has 1 unspecified atom stereocenters. The van der Waals surface area contributed by atoms with Crippen LogP contribution in [0.4, 0.5) is 0 Å². The number of hydrogen-bond acceptors (Lipinski definition) is 0. The van der Waals surface area contributed by atoms with Crippen LogP contribution in [0.3, 0.4) is 0 Å². The molecule has 0 radical (unpaired) electrons. The zero-order valence-electron chi connectivity index (χ0n) is 16.9. The average molecular weight is 1530 g/mol. The molecule has 3 rings (SSSR count). The fourth-order valence-corrected chi connectivity index (χ4v) is 18.7. The number of rotatable bonds is 5. The minimum atomic E-state index is -1.04. The van der Waals surface area contributed by atoms with Crippen molar-refractivity contribution in [2.45, 2.75) is 10.8 Å². The molecule has 200 valence electrons. The topological polar surface area (TPSA) is 0 Å². The largest absolute Gasteiger partial charge is 0.129 e. The van der Waals surface area contributed by atoms with E-state index in [4.69, 9.17) is 0 Å².